The molecule has 60 heavy (non-hydrogen) atoms. The summed E-state index contributed by atoms with van der Waals surface area (Å²) < 4.78 is 17.8. The lowest BCUT2D eigenvalue weighted by molar-refractivity contribution is -0.112. The number of nitrogens with one attached hydrogen (secondary N) is 1. The highest BCUT2D eigenvalue weighted by Crippen LogP contribution is 2.55. The van der Waals surface area contributed by atoms with Crippen molar-refractivity contribution in [2.75, 3.05) is 38.6 Å². The number of hydrazone groups is 1. The van der Waals surface area contributed by atoms with Gasteiger partial charge in [-0.1, -0.05) is 58.8 Å². The SMILES string of the molecule is CO[C@H]1/C=C\O[C@@]2(C)Oc3c(C)c(O)c4c(O)c(c(/C=N/N5CCN(C6CCCC6)CC5)c(O)c4c3C2=O)NC(=O)/C(C)=C\C=C/[C@H](C)[C@H](O)[C@@H](C)[C@@H](O)[C@@H](C)[C@H](O)[C@H]1C. The Morgan fingerprint density at radius 2 is 1.50 bits per heavy atom. The van der Waals surface area contributed by atoms with Gasteiger partial charge in [-0.3, -0.25) is 19.5 Å². The predicted molar refractivity (Wildman–Crippen MR) is 227 cm³/mol. The average Bonchev–Trinajstić information content (AvgIpc) is 3.87. The van der Waals surface area contributed by atoms with E-state index in [0.717, 1.165) is 13.1 Å². The monoisotopic (exact) mass is 834 g/mol. The number of methoxy groups -OCH3 is 1. The number of ketones is 1. The van der Waals surface area contributed by atoms with Crippen molar-refractivity contribution in [2.45, 2.75) is 110 Å². The molecule has 0 radical (unpaired) electrons. The Bertz CT molecular complexity index is 2070. The molecule has 5 aliphatic rings. The Morgan fingerprint density at radius 3 is 2.15 bits per heavy atom. The zero-order valence-corrected chi connectivity index (χ0v) is 35.9. The molecule has 2 fully saturated rings. The number of carbonyl (C=O) groups is 2. The predicted octanol–water partition coefficient (Wildman–Crippen LogP) is 5.08. The number of rotatable bonds is 4. The topological polar surface area (TPSA) is 214 Å². The van der Waals surface area contributed by atoms with E-state index in [9.17, 15) is 40.2 Å². The van der Waals surface area contributed by atoms with Crippen molar-refractivity contribution in [3.8, 4) is 23.0 Å². The summed E-state index contributed by atoms with van der Waals surface area (Å²) in [7, 11) is 1.45. The maximum absolute atomic E-state index is 14.4. The Labute approximate surface area is 351 Å². The van der Waals surface area contributed by atoms with Gasteiger partial charge in [-0.15, -0.1) is 0 Å². The van der Waals surface area contributed by atoms with Crippen LogP contribution in [0.3, 0.4) is 0 Å². The Morgan fingerprint density at radius 1 is 0.867 bits per heavy atom. The lowest BCUT2D eigenvalue weighted by Gasteiger charge is -2.36. The number of fused-ring (bicyclic) bond motifs is 14. The Balaban J connectivity index is 1.46. The van der Waals surface area contributed by atoms with Crippen molar-refractivity contribution >= 4 is 34.4 Å². The minimum atomic E-state index is -2.01. The number of allylic oxidation sites excluding steroid dienone is 2. The molecule has 2 aromatic carbocycles. The van der Waals surface area contributed by atoms with E-state index in [2.05, 4.69) is 15.3 Å². The molecule has 15 nitrogen and oxygen atoms in total. The normalized spacial score (nSPS) is 33.5. The van der Waals surface area contributed by atoms with Crippen LogP contribution in [0.25, 0.3) is 10.8 Å². The number of aliphatic hydroxyl groups excluding tert-OH is 3. The summed E-state index contributed by atoms with van der Waals surface area (Å²) in [5.74, 6) is -7.52. The third-order valence-corrected chi connectivity index (χ3v) is 13.3. The van der Waals surface area contributed by atoms with E-state index in [1.54, 1.807) is 46.8 Å². The number of nitrogens with zero attached hydrogens (tertiary/aromatic N) is 3. The van der Waals surface area contributed by atoms with Crippen LogP contribution in [0, 0.1) is 30.6 Å². The molecule has 15 heteroatoms. The molecule has 0 spiro atoms. The zero-order valence-electron chi connectivity index (χ0n) is 35.9. The molecule has 7 N–H and O–H groups in total. The summed E-state index contributed by atoms with van der Waals surface area (Å²) in [4.78, 5) is 30.7. The van der Waals surface area contributed by atoms with Crippen LogP contribution in [0.15, 0.2) is 41.2 Å². The third kappa shape index (κ3) is 8.47. The van der Waals surface area contributed by atoms with Crippen LogP contribution in [0.1, 0.15) is 88.7 Å². The number of anilines is 1. The fourth-order valence-corrected chi connectivity index (χ4v) is 9.08. The number of phenols is 3. The number of piperazine rings is 1. The lowest BCUT2D eigenvalue weighted by atomic mass is 9.78. The average molecular weight is 835 g/mol. The highest BCUT2D eigenvalue weighted by molar-refractivity contribution is 6.23. The molecular formula is C45H62N4O11. The van der Waals surface area contributed by atoms with Crippen LogP contribution >= 0.6 is 0 Å². The number of phenolic OH excluding ortho intramolecular Hbond substituents is 3. The molecule has 4 aliphatic heterocycles. The Hall–Kier alpha value is -4.67. The van der Waals surface area contributed by atoms with Crippen molar-refractivity contribution in [3.63, 3.8) is 0 Å². The van der Waals surface area contributed by atoms with Crippen LogP contribution in [-0.2, 0) is 14.3 Å². The van der Waals surface area contributed by atoms with Crippen molar-refractivity contribution in [1.82, 2.24) is 9.91 Å². The van der Waals surface area contributed by atoms with E-state index >= 15 is 0 Å². The standard InChI is InChI=1S/C45H62N4O11/c1-23-12-11-13-24(2)44(57)47-35-30(22-46-49-19-17-48(18-20-49)29-14-9-10-15-29)40(54)32-33(41(35)55)39(53)28(6)42-34(32)43(56)45(7,60-42)59-21-16-31(58-8)25(3)37(51)27(5)38(52)26(4)36(23)50/h11-13,16,21-23,25-27,29,31,36-38,50-55H,9-10,14-15,17-20H2,1-8H3,(H,47,57)/b12-11-,21-16-,24-13-,46-22+/t23-,25-,26+,27-,31-,36-,37+,38+,45-/m0/s1. The van der Waals surface area contributed by atoms with Gasteiger partial charge in [-0.25, -0.2) is 0 Å². The molecule has 2 aromatic rings. The van der Waals surface area contributed by atoms with Gasteiger partial charge in [0.25, 0.3) is 11.7 Å². The van der Waals surface area contributed by atoms with Gasteiger partial charge in [0.05, 0.1) is 59.1 Å². The van der Waals surface area contributed by atoms with E-state index in [0.29, 0.717) is 19.1 Å². The molecule has 1 aliphatic carbocycles. The first-order valence-electron chi connectivity index (χ1n) is 21.0. The first-order valence-corrected chi connectivity index (χ1v) is 21.0. The van der Waals surface area contributed by atoms with Gasteiger partial charge in [0, 0.05) is 86.4 Å². The van der Waals surface area contributed by atoms with Gasteiger partial charge >= 0.3 is 5.79 Å². The number of hydrogen-bond acceptors (Lipinski definition) is 14. The second-order valence-corrected chi connectivity index (χ2v) is 17.2. The summed E-state index contributed by atoms with van der Waals surface area (Å²) in [6.07, 6.45) is 9.71. The molecule has 1 saturated carbocycles. The third-order valence-electron chi connectivity index (χ3n) is 13.3. The molecule has 7 rings (SSSR count). The van der Waals surface area contributed by atoms with Crippen LogP contribution < -0.4 is 10.1 Å². The molecule has 1 saturated heterocycles. The molecule has 328 valence electrons. The number of Topliss-reactive ketones (excluding diaryl/α,β-unsaturated/α-hetero) is 1. The molecular weight excluding hydrogens is 773 g/mol. The molecule has 4 heterocycles. The van der Waals surface area contributed by atoms with Gasteiger partial charge in [-0.2, -0.15) is 5.10 Å². The van der Waals surface area contributed by atoms with Crippen LogP contribution in [0.5, 0.6) is 23.0 Å². The van der Waals surface area contributed by atoms with Crippen molar-refractivity contribution in [1.29, 1.82) is 0 Å². The summed E-state index contributed by atoms with van der Waals surface area (Å²) in [6.45, 7) is 14.1. The minimum Gasteiger partial charge on any atom is -0.507 e. The maximum Gasteiger partial charge on any atom is 0.312 e. The smallest absolute Gasteiger partial charge is 0.312 e. The summed E-state index contributed by atoms with van der Waals surface area (Å²) in [5, 5.41) is 78.4. The second-order valence-electron chi connectivity index (χ2n) is 17.2. The highest BCUT2D eigenvalue weighted by Gasteiger charge is 2.50. The van der Waals surface area contributed by atoms with E-state index in [1.165, 1.54) is 71.3 Å². The minimum absolute atomic E-state index is 0.0742. The number of aliphatic hydroxyl groups is 3. The summed E-state index contributed by atoms with van der Waals surface area (Å²) >= 11 is 0. The zero-order chi connectivity index (χ0) is 43.8. The number of ether oxygens (including phenoxy) is 3. The van der Waals surface area contributed by atoms with Gasteiger partial charge in [0.2, 0.25) is 0 Å². The number of aromatic hydroxyl groups is 3. The molecule has 5 bridgehead atoms. The van der Waals surface area contributed by atoms with Gasteiger partial charge in [0.1, 0.15) is 17.2 Å². The number of hydrogen-bond donors (Lipinski definition) is 7. The van der Waals surface area contributed by atoms with Crippen LogP contribution in [0.4, 0.5) is 5.69 Å². The first-order chi connectivity index (χ1) is 28.4. The fourth-order valence-electron chi connectivity index (χ4n) is 9.08. The quantitative estimate of drug-likeness (QED) is 0.122. The van der Waals surface area contributed by atoms with E-state index in [4.69, 9.17) is 14.2 Å². The largest absolute Gasteiger partial charge is 0.507 e. The van der Waals surface area contributed by atoms with Crippen molar-refractivity contribution < 1.29 is 54.4 Å². The van der Waals surface area contributed by atoms with E-state index in [1.807, 2.05) is 5.01 Å². The Kier molecular flexibility index (Phi) is 13.6. The lowest BCUT2D eigenvalue weighted by Crippen LogP contribution is -2.47. The van der Waals surface area contributed by atoms with E-state index < -0.39 is 82.8 Å². The van der Waals surface area contributed by atoms with Gasteiger partial charge < -0.3 is 50.2 Å². The van der Waals surface area contributed by atoms with Gasteiger partial charge in [-0.05, 0) is 32.8 Å². The summed E-state index contributed by atoms with van der Waals surface area (Å²) in [6, 6.07) is 0.561. The molecule has 9 atom stereocenters. The number of amides is 1. The maximum atomic E-state index is 14.4. The summed E-state index contributed by atoms with van der Waals surface area (Å²) in [5.41, 5.74) is -0.233. The van der Waals surface area contributed by atoms with E-state index in [-0.39, 0.29) is 44.5 Å². The second kappa shape index (κ2) is 18.1. The van der Waals surface area contributed by atoms with Crippen LogP contribution in [0.2, 0.25) is 0 Å². The fraction of sp³-hybridized carbons (Fsp3) is 0.578. The van der Waals surface area contributed by atoms with Crippen molar-refractivity contribution in [3.05, 3.63) is 52.8 Å². The first kappa shape index (κ1) is 44.9. The van der Waals surface area contributed by atoms with Crippen molar-refractivity contribution in [2.24, 2.45) is 28.8 Å². The number of benzene rings is 2. The highest BCUT2D eigenvalue weighted by atomic mass is 16.7. The molecule has 0 aromatic heterocycles. The van der Waals surface area contributed by atoms with Crippen LogP contribution in [-0.4, -0.2) is 128 Å². The van der Waals surface area contributed by atoms with Gasteiger partial charge in [0.15, 0.2) is 5.75 Å². The molecule has 0 unspecified atom stereocenters. The number of carbonyl (C=O) groups excluding carboxylic acids is 2. The molecule has 1 amide bonds.